The van der Waals surface area contributed by atoms with Gasteiger partial charge in [-0.15, -0.1) is 0 Å². The van der Waals surface area contributed by atoms with Crippen molar-refractivity contribution in [2.75, 3.05) is 12.8 Å². The first-order valence-electron chi connectivity index (χ1n) is 4.17. The number of hydrogen-bond donors (Lipinski definition) is 1. The zero-order valence-electron chi connectivity index (χ0n) is 8.46. The van der Waals surface area contributed by atoms with Crippen molar-refractivity contribution in [2.45, 2.75) is 13.8 Å². The Morgan fingerprint density at radius 3 is 2.57 bits per heavy atom. The molecule has 0 radical (unpaired) electrons. The highest BCUT2D eigenvalue weighted by atomic mass is 16.6. The molecule has 0 amide bonds. The number of rotatable bonds is 2. The molecule has 0 unspecified atom stereocenters. The van der Waals surface area contributed by atoms with E-state index in [0.29, 0.717) is 17.2 Å². The summed E-state index contributed by atoms with van der Waals surface area (Å²) in [4.78, 5) is 10.8. The summed E-state index contributed by atoms with van der Waals surface area (Å²) in [6, 6.07) is 3.43. The fourth-order valence-electron chi connectivity index (χ4n) is 1.12. The number of hydrogen-bond acceptors (Lipinski definition) is 4. The van der Waals surface area contributed by atoms with Crippen LogP contribution in [0.4, 0.5) is 5.69 Å². The Kier molecular flexibility index (Phi) is 2.96. The van der Waals surface area contributed by atoms with Crippen molar-refractivity contribution in [2.24, 2.45) is 0 Å². The van der Waals surface area contributed by atoms with Crippen molar-refractivity contribution in [1.29, 1.82) is 0 Å². The lowest BCUT2D eigenvalue weighted by atomic mass is 10.2. The van der Waals surface area contributed by atoms with Crippen LogP contribution in [-0.4, -0.2) is 13.1 Å². The van der Waals surface area contributed by atoms with Gasteiger partial charge in [0.05, 0.1) is 12.8 Å². The average molecular weight is 195 g/mol. The highest BCUT2D eigenvalue weighted by molar-refractivity contribution is 5.73. The second kappa shape index (κ2) is 4.00. The van der Waals surface area contributed by atoms with E-state index < -0.39 is 5.97 Å². The maximum absolute atomic E-state index is 10.8. The normalized spacial score (nSPS) is 9.64. The molecular formula is C10H13NO3. The summed E-state index contributed by atoms with van der Waals surface area (Å²) in [6.07, 6.45) is 0. The molecule has 2 N–H and O–H groups in total. The van der Waals surface area contributed by atoms with Crippen LogP contribution in [0.3, 0.4) is 0 Å². The van der Waals surface area contributed by atoms with Crippen LogP contribution in [0.5, 0.6) is 11.5 Å². The molecule has 0 saturated heterocycles. The van der Waals surface area contributed by atoms with Crippen LogP contribution in [0.15, 0.2) is 12.1 Å². The van der Waals surface area contributed by atoms with E-state index in [1.54, 1.807) is 12.1 Å². The van der Waals surface area contributed by atoms with E-state index in [2.05, 4.69) is 0 Å². The molecule has 14 heavy (non-hydrogen) atoms. The summed E-state index contributed by atoms with van der Waals surface area (Å²) in [6.45, 7) is 3.19. The number of ether oxygens (including phenoxy) is 2. The molecule has 1 rings (SSSR count). The van der Waals surface area contributed by atoms with Crippen LogP contribution in [0.1, 0.15) is 12.5 Å². The van der Waals surface area contributed by atoms with Gasteiger partial charge in [-0.2, -0.15) is 0 Å². The molecule has 0 aliphatic carbocycles. The van der Waals surface area contributed by atoms with Crippen molar-refractivity contribution < 1.29 is 14.3 Å². The smallest absolute Gasteiger partial charge is 0.308 e. The zero-order chi connectivity index (χ0) is 10.7. The van der Waals surface area contributed by atoms with E-state index in [1.165, 1.54) is 14.0 Å². The fraction of sp³-hybridized carbons (Fsp3) is 0.300. The number of esters is 1. The van der Waals surface area contributed by atoms with E-state index >= 15 is 0 Å². The van der Waals surface area contributed by atoms with Gasteiger partial charge in [0.1, 0.15) is 0 Å². The lowest BCUT2D eigenvalue weighted by molar-refractivity contribution is -0.132. The van der Waals surface area contributed by atoms with E-state index in [4.69, 9.17) is 15.2 Å². The molecule has 0 heterocycles. The molecule has 0 spiro atoms. The number of nitrogen functional groups attached to an aromatic ring is 1. The minimum Gasteiger partial charge on any atom is -0.491 e. The van der Waals surface area contributed by atoms with E-state index in [1.807, 2.05) is 6.92 Å². The molecule has 0 fully saturated rings. The summed E-state index contributed by atoms with van der Waals surface area (Å²) in [7, 11) is 1.48. The summed E-state index contributed by atoms with van der Waals surface area (Å²) < 4.78 is 9.98. The standard InChI is InChI=1S/C10H13NO3/c1-6-4-5-8(14-7(2)12)10(13-3)9(6)11/h4-5H,11H2,1-3H3. The molecular weight excluding hydrogens is 182 g/mol. The molecule has 0 aromatic heterocycles. The summed E-state index contributed by atoms with van der Waals surface area (Å²) in [5, 5.41) is 0. The highest BCUT2D eigenvalue weighted by Gasteiger charge is 2.11. The van der Waals surface area contributed by atoms with Gasteiger partial charge < -0.3 is 15.2 Å². The van der Waals surface area contributed by atoms with Gasteiger partial charge in [-0.1, -0.05) is 6.07 Å². The van der Waals surface area contributed by atoms with Crippen LogP contribution >= 0.6 is 0 Å². The quantitative estimate of drug-likeness (QED) is 0.441. The van der Waals surface area contributed by atoms with Crippen molar-refractivity contribution in [3.8, 4) is 11.5 Å². The third-order valence-corrected chi connectivity index (χ3v) is 1.84. The van der Waals surface area contributed by atoms with Crippen LogP contribution in [0, 0.1) is 6.92 Å². The van der Waals surface area contributed by atoms with Crippen molar-refractivity contribution in [3.63, 3.8) is 0 Å². The minimum atomic E-state index is -0.397. The zero-order valence-corrected chi connectivity index (χ0v) is 8.46. The largest absolute Gasteiger partial charge is 0.491 e. The average Bonchev–Trinajstić information content (AvgIpc) is 2.11. The Morgan fingerprint density at radius 1 is 1.43 bits per heavy atom. The number of methoxy groups -OCH3 is 1. The van der Waals surface area contributed by atoms with Crippen molar-refractivity contribution >= 4 is 11.7 Å². The number of anilines is 1. The van der Waals surface area contributed by atoms with Gasteiger partial charge in [0.2, 0.25) is 0 Å². The summed E-state index contributed by atoms with van der Waals surface area (Å²) in [5.74, 6) is 0.356. The van der Waals surface area contributed by atoms with Crippen LogP contribution in [0.25, 0.3) is 0 Å². The third kappa shape index (κ3) is 1.96. The van der Waals surface area contributed by atoms with Gasteiger partial charge in [0, 0.05) is 6.92 Å². The molecule has 4 heteroatoms. The maximum atomic E-state index is 10.8. The van der Waals surface area contributed by atoms with Gasteiger partial charge in [0.15, 0.2) is 11.5 Å². The Labute approximate surface area is 82.6 Å². The Hall–Kier alpha value is -1.71. The fourth-order valence-corrected chi connectivity index (χ4v) is 1.12. The summed E-state index contributed by atoms with van der Waals surface area (Å²) >= 11 is 0. The summed E-state index contributed by atoms with van der Waals surface area (Å²) in [5.41, 5.74) is 7.13. The van der Waals surface area contributed by atoms with Gasteiger partial charge in [0.25, 0.3) is 0 Å². The first kappa shape index (κ1) is 10.4. The lowest BCUT2D eigenvalue weighted by Gasteiger charge is -2.11. The number of carbonyl (C=O) groups excluding carboxylic acids is 1. The third-order valence-electron chi connectivity index (χ3n) is 1.84. The highest BCUT2D eigenvalue weighted by Crippen LogP contribution is 2.35. The molecule has 0 aliphatic heterocycles. The molecule has 0 aliphatic rings. The van der Waals surface area contributed by atoms with Crippen LogP contribution < -0.4 is 15.2 Å². The van der Waals surface area contributed by atoms with E-state index in [-0.39, 0.29) is 0 Å². The number of carbonyl (C=O) groups is 1. The molecule has 1 aromatic rings. The topological polar surface area (TPSA) is 61.5 Å². The number of nitrogens with two attached hydrogens (primary N) is 1. The van der Waals surface area contributed by atoms with Crippen molar-refractivity contribution in [3.05, 3.63) is 17.7 Å². The lowest BCUT2D eigenvalue weighted by Crippen LogP contribution is -2.05. The predicted octanol–water partition coefficient (Wildman–Crippen LogP) is 1.51. The number of aryl methyl sites for hydroxylation is 1. The second-order valence-electron chi connectivity index (χ2n) is 2.92. The predicted molar refractivity (Wildman–Crippen MR) is 53.5 cm³/mol. The van der Waals surface area contributed by atoms with Gasteiger partial charge >= 0.3 is 5.97 Å². The van der Waals surface area contributed by atoms with E-state index in [9.17, 15) is 4.79 Å². The Balaban J connectivity index is 3.17. The minimum absolute atomic E-state index is 0.350. The molecule has 4 nitrogen and oxygen atoms in total. The van der Waals surface area contributed by atoms with Crippen molar-refractivity contribution in [1.82, 2.24) is 0 Å². The van der Waals surface area contributed by atoms with Crippen LogP contribution in [0.2, 0.25) is 0 Å². The van der Waals surface area contributed by atoms with Gasteiger partial charge in [-0.25, -0.2) is 0 Å². The van der Waals surface area contributed by atoms with Crippen LogP contribution in [-0.2, 0) is 4.79 Å². The SMILES string of the molecule is COc1c(OC(C)=O)ccc(C)c1N. The molecule has 1 aromatic carbocycles. The second-order valence-corrected chi connectivity index (χ2v) is 2.92. The van der Waals surface area contributed by atoms with Gasteiger partial charge in [-0.05, 0) is 18.6 Å². The first-order chi connectivity index (χ1) is 6.56. The first-order valence-corrected chi connectivity index (χ1v) is 4.17. The monoisotopic (exact) mass is 195 g/mol. The molecule has 76 valence electrons. The van der Waals surface area contributed by atoms with Gasteiger partial charge in [-0.3, -0.25) is 4.79 Å². The molecule has 0 bridgehead atoms. The Morgan fingerprint density at radius 2 is 2.07 bits per heavy atom. The maximum Gasteiger partial charge on any atom is 0.308 e. The number of benzene rings is 1. The Bertz CT molecular complexity index is 361. The molecule has 0 atom stereocenters. The van der Waals surface area contributed by atoms with E-state index in [0.717, 1.165) is 5.56 Å². The molecule has 0 saturated carbocycles.